The van der Waals surface area contributed by atoms with Crippen LogP contribution < -0.4 is 5.32 Å². The Balaban J connectivity index is 1.64. The van der Waals surface area contributed by atoms with Gasteiger partial charge in [-0.25, -0.2) is 13.2 Å². The van der Waals surface area contributed by atoms with Gasteiger partial charge in [0.2, 0.25) is 5.91 Å². The van der Waals surface area contributed by atoms with E-state index in [2.05, 4.69) is 10.3 Å². The number of amides is 2. The number of carbonyl (C=O) groups excluding carboxylic acids is 2. The van der Waals surface area contributed by atoms with E-state index >= 15 is 0 Å². The summed E-state index contributed by atoms with van der Waals surface area (Å²) in [6.45, 7) is 0.549. The molecule has 1 fully saturated rings. The number of benzene rings is 1. The normalized spacial score (nSPS) is 16.8. The van der Waals surface area contributed by atoms with E-state index in [4.69, 9.17) is 0 Å². The number of hydrogen-bond donors (Lipinski definition) is 1. The zero-order valence-electron chi connectivity index (χ0n) is 13.0. The van der Waals surface area contributed by atoms with Crippen LogP contribution in [0.1, 0.15) is 16.9 Å². The molecule has 1 aromatic carbocycles. The van der Waals surface area contributed by atoms with Gasteiger partial charge in [-0.1, -0.05) is 6.07 Å². The lowest BCUT2D eigenvalue weighted by Gasteiger charge is -2.16. The fraction of sp³-hybridized carbons (Fsp3) is 0.235. The first-order valence-electron chi connectivity index (χ1n) is 7.61. The Bertz CT molecular complexity index is 791. The molecular formula is C17H14F3N3O2. The second-order valence-electron chi connectivity index (χ2n) is 5.69. The first-order chi connectivity index (χ1) is 12.0. The average Bonchev–Trinajstić information content (AvgIpc) is 3.10. The van der Waals surface area contributed by atoms with Gasteiger partial charge in [-0.3, -0.25) is 14.6 Å². The van der Waals surface area contributed by atoms with Crippen LogP contribution in [0.5, 0.6) is 0 Å². The van der Waals surface area contributed by atoms with Gasteiger partial charge in [0.1, 0.15) is 5.69 Å². The van der Waals surface area contributed by atoms with Crippen LogP contribution in [0.3, 0.4) is 0 Å². The van der Waals surface area contributed by atoms with Crippen molar-refractivity contribution in [2.75, 3.05) is 18.4 Å². The first kappa shape index (κ1) is 16.9. The van der Waals surface area contributed by atoms with Gasteiger partial charge in [0.05, 0.1) is 5.92 Å². The van der Waals surface area contributed by atoms with Crippen molar-refractivity contribution in [3.05, 3.63) is 59.7 Å². The van der Waals surface area contributed by atoms with Crippen molar-refractivity contribution in [3.8, 4) is 0 Å². The van der Waals surface area contributed by atoms with Gasteiger partial charge in [-0.15, -0.1) is 0 Å². The lowest BCUT2D eigenvalue weighted by molar-refractivity contribution is -0.119. The van der Waals surface area contributed by atoms with E-state index in [0.717, 1.165) is 0 Å². The number of hydrogen-bond acceptors (Lipinski definition) is 3. The number of anilines is 1. The molecule has 1 unspecified atom stereocenters. The minimum atomic E-state index is -1.59. The van der Waals surface area contributed by atoms with Crippen LogP contribution in [-0.4, -0.2) is 34.8 Å². The highest BCUT2D eigenvalue weighted by molar-refractivity contribution is 5.95. The van der Waals surface area contributed by atoms with E-state index in [1.807, 2.05) is 0 Å². The fourth-order valence-electron chi connectivity index (χ4n) is 2.68. The van der Waals surface area contributed by atoms with Crippen LogP contribution in [-0.2, 0) is 4.79 Å². The van der Waals surface area contributed by atoms with Crippen LogP contribution >= 0.6 is 0 Å². The topological polar surface area (TPSA) is 62.3 Å². The highest BCUT2D eigenvalue weighted by Crippen LogP contribution is 2.22. The molecule has 5 nitrogen and oxygen atoms in total. The molecular weight excluding hydrogens is 335 g/mol. The van der Waals surface area contributed by atoms with Crippen LogP contribution in [0, 0.1) is 23.4 Å². The Hall–Kier alpha value is -2.90. The molecule has 1 aliphatic heterocycles. The summed E-state index contributed by atoms with van der Waals surface area (Å²) < 4.78 is 39.3. The number of likely N-dealkylation sites (tertiary alicyclic amines) is 1. The summed E-state index contributed by atoms with van der Waals surface area (Å²) in [7, 11) is 0. The molecule has 2 aromatic rings. The Labute approximate surface area is 141 Å². The average molecular weight is 349 g/mol. The monoisotopic (exact) mass is 349 g/mol. The Morgan fingerprint density at radius 3 is 2.52 bits per heavy atom. The predicted octanol–water partition coefficient (Wildman–Crippen LogP) is 2.60. The number of pyridine rings is 1. The molecule has 2 amide bonds. The van der Waals surface area contributed by atoms with Crippen molar-refractivity contribution >= 4 is 17.5 Å². The highest BCUT2D eigenvalue weighted by Gasteiger charge is 2.32. The molecule has 0 aliphatic carbocycles. The third kappa shape index (κ3) is 3.62. The first-order valence-corrected chi connectivity index (χ1v) is 7.61. The predicted molar refractivity (Wildman–Crippen MR) is 83.2 cm³/mol. The number of nitrogens with zero attached hydrogens (tertiary/aromatic N) is 2. The molecule has 130 valence electrons. The van der Waals surface area contributed by atoms with Crippen molar-refractivity contribution in [2.24, 2.45) is 5.92 Å². The number of nitrogens with one attached hydrogen (secondary N) is 1. The van der Waals surface area contributed by atoms with Crippen molar-refractivity contribution in [2.45, 2.75) is 6.42 Å². The number of halogens is 3. The summed E-state index contributed by atoms with van der Waals surface area (Å²) in [5, 5.41) is 2.35. The van der Waals surface area contributed by atoms with Crippen molar-refractivity contribution in [3.63, 3.8) is 0 Å². The SMILES string of the molecule is O=C(Nc1cc(F)c(F)c(F)c1)C1CCN(C(=O)c2ccccn2)C1. The maximum atomic E-state index is 13.2. The zero-order chi connectivity index (χ0) is 18.0. The van der Waals surface area contributed by atoms with E-state index in [-0.39, 0.29) is 23.8 Å². The maximum absolute atomic E-state index is 13.2. The molecule has 0 radical (unpaired) electrons. The molecule has 25 heavy (non-hydrogen) atoms. The van der Waals surface area contributed by atoms with E-state index in [1.165, 1.54) is 11.1 Å². The lowest BCUT2D eigenvalue weighted by atomic mass is 10.1. The fourth-order valence-corrected chi connectivity index (χ4v) is 2.68. The molecule has 1 aromatic heterocycles. The molecule has 3 rings (SSSR count). The van der Waals surface area contributed by atoms with Crippen LogP contribution in [0.15, 0.2) is 36.5 Å². The Morgan fingerprint density at radius 2 is 1.88 bits per heavy atom. The standard InChI is InChI=1S/C17H14F3N3O2/c18-12-7-11(8-13(19)15(12)20)22-16(24)10-4-6-23(9-10)17(25)14-3-1-2-5-21-14/h1-3,5,7-8,10H,4,6,9H2,(H,22,24). The summed E-state index contributed by atoms with van der Waals surface area (Å²) in [6.07, 6.45) is 1.92. The minimum absolute atomic E-state index is 0.170. The van der Waals surface area contributed by atoms with Gasteiger partial charge in [-0.2, -0.15) is 0 Å². The third-order valence-corrected chi connectivity index (χ3v) is 3.98. The van der Waals surface area contributed by atoms with Gasteiger partial charge in [0.15, 0.2) is 17.5 Å². The molecule has 1 aliphatic rings. The Kier molecular flexibility index (Phi) is 4.69. The third-order valence-electron chi connectivity index (χ3n) is 3.98. The molecule has 1 atom stereocenters. The van der Waals surface area contributed by atoms with Gasteiger partial charge in [0.25, 0.3) is 5.91 Å². The van der Waals surface area contributed by atoms with E-state index in [1.54, 1.807) is 18.2 Å². The minimum Gasteiger partial charge on any atom is -0.336 e. The number of rotatable bonds is 3. The quantitative estimate of drug-likeness (QED) is 0.867. The highest BCUT2D eigenvalue weighted by atomic mass is 19.2. The van der Waals surface area contributed by atoms with Crippen LogP contribution in [0.25, 0.3) is 0 Å². The van der Waals surface area contributed by atoms with Crippen molar-refractivity contribution in [1.82, 2.24) is 9.88 Å². The zero-order valence-corrected chi connectivity index (χ0v) is 13.0. The summed E-state index contributed by atoms with van der Waals surface area (Å²) >= 11 is 0. The summed E-state index contributed by atoms with van der Waals surface area (Å²) in [5.74, 6) is -5.64. The smallest absolute Gasteiger partial charge is 0.272 e. The molecule has 0 saturated carbocycles. The number of aromatic nitrogens is 1. The molecule has 0 spiro atoms. The second-order valence-corrected chi connectivity index (χ2v) is 5.69. The van der Waals surface area contributed by atoms with Crippen molar-refractivity contribution < 1.29 is 22.8 Å². The molecule has 8 heteroatoms. The second kappa shape index (κ2) is 6.92. The molecule has 2 heterocycles. The van der Waals surface area contributed by atoms with Crippen LogP contribution in [0.2, 0.25) is 0 Å². The summed E-state index contributed by atoms with van der Waals surface area (Å²) in [4.78, 5) is 30.0. The summed E-state index contributed by atoms with van der Waals surface area (Å²) in [5.41, 5.74) is 0.113. The van der Waals surface area contributed by atoms with E-state index in [9.17, 15) is 22.8 Å². The number of carbonyl (C=O) groups is 2. The van der Waals surface area contributed by atoms with Crippen molar-refractivity contribution in [1.29, 1.82) is 0 Å². The maximum Gasteiger partial charge on any atom is 0.272 e. The van der Waals surface area contributed by atoms with Gasteiger partial charge in [-0.05, 0) is 18.6 Å². The summed E-state index contributed by atoms with van der Waals surface area (Å²) in [6, 6.07) is 6.39. The van der Waals surface area contributed by atoms with Gasteiger partial charge < -0.3 is 10.2 Å². The Morgan fingerprint density at radius 1 is 1.16 bits per heavy atom. The molecule has 0 bridgehead atoms. The van der Waals surface area contributed by atoms with Crippen LogP contribution in [0.4, 0.5) is 18.9 Å². The lowest BCUT2D eigenvalue weighted by Crippen LogP contribution is -2.32. The largest absolute Gasteiger partial charge is 0.336 e. The van der Waals surface area contributed by atoms with Gasteiger partial charge in [0, 0.05) is 37.1 Å². The van der Waals surface area contributed by atoms with E-state index in [0.29, 0.717) is 25.1 Å². The molecule has 1 N–H and O–H groups in total. The van der Waals surface area contributed by atoms with E-state index < -0.39 is 29.3 Å². The molecule has 1 saturated heterocycles. The van der Waals surface area contributed by atoms with Gasteiger partial charge >= 0.3 is 0 Å².